The summed E-state index contributed by atoms with van der Waals surface area (Å²) < 4.78 is 0. The van der Waals surface area contributed by atoms with Crippen molar-refractivity contribution >= 4 is 0 Å². The lowest BCUT2D eigenvalue weighted by molar-refractivity contribution is -0.0327. The van der Waals surface area contributed by atoms with Gasteiger partial charge in [-0.25, -0.2) is 0 Å². The highest BCUT2D eigenvalue weighted by Gasteiger charge is 2.68. The van der Waals surface area contributed by atoms with Crippen molar-refractivity contribution in [3.05, 3.63) is 0 Å². The molecule has 2 heteroatoms. The Balaban J connectivity index is 1.93. The number of aliphatic hydroxyl groups is 2. The van der Waals surface area contributed by atoms with Crippen molar-refractivity contribution in [3.63, 3.8) is 0 Å². The van der Waals surface area contributed by atoms with E-state index < -0.39 is 5.60 Å². The predicted molar refractivity (Wildman–Crippen MR) is 67.4 cm³/mol. The van der Waals surface area contributed by atoms with E-state index in [9.17, 15) is 10.2 Å². The number of hydrogen-bond donors (Lipinski definition) is 2. The van der Waals surface area contributed by atoms with Crippen LogP contribution in [0.15, 0.2) is 0 Å². The Labute approximate surface area is 104 Å². The summed E-state index contributed by atoms with van der Waals surface area (Å²) in [6.45, 7) is 6.98. The van der Waals surface area contributed by atoms with Gasteiger partial charge in [-0.15, -0.1) is 0 Å². The molecule has 2 N–H and O–H groups in total. The Morgan fingerprint density at radius 1 is 1.12 bits per heavy atom. The minimum Gasteiger partial charge on any atom is -0.396 e. The average Bonchev–Trinajstić information content (AvgIpc) is 2.70. The minimum absolute atomic E-state index is 0.165. The molecule has 3 saturated carbocycles. The Kier molecular flexibility index (Phi) is 2.45. The zero-order valence-corrected chi connectivity index (χ0v) is 11.3. The average molecular weight is 238 g/mol. The van der Waals surface area contributed by atoms with E-state index in [0.717, 1.165) is 18.8 Å². The largest absolute Gasteiger partial charge is 0.396 e. The van der Waals surface area contributed by atoms with Crippen LogP contribution in [0, 0.1) is 35.0 Å². The number of aliphatic hydroxyl groups excluding tert-OH is 1. The Morgan fingerprint density at radius 2 is 1.82 bits per heavy atom. The van der Waals surface area contributed by atoms with Crippen LogP contribution in [0.25, 0.3) is 0 Å². The standard InChI is InChI=1S/C15H26O2/c1-9-4-5-10-12(9)13-11(14(13,2)8-16)6-7-15(10,3)17/h9-13,16-17H,4-8H2,1-3H3/t9-,10-,11-,12-,13-,14+,15-/m1/s1. The fourth-order valence-electron chi connectivity index (χ4n) is 5.33. The van der Waals surface area contributed by atoms with Crippen LogP contribution >= 0.6 is 0 Å². The van der Waals surface area contributed by atoms with Gasteiger partial charge >= 0.3 is 0 Å². The summed E-state index contributed by atoms with van der Waals surface area (Å²) in [6, 6.07) is 0. The lowest BCUT2D eigenvalue weighted by Crippen LogP contribution is -2.38. The molecule has 0 aromatic rings. The molecule has 0 saturated heterocycles. The summed E-state index contributed by atoms with van der Waals surface area (Å²) in [5.74, 6) is 3.18. The van der Waals surface area contributed by atoms with Gasteiger partial charge in [0.05, 0.1) is 5.60 Å². The molecule has 3 aliphatic carbocycles. The third kappa shape index (κ3) is 1.46. The van der Waals surface area contributed by atoms with Gasteiger partial charge in [0.15, 0.2) is 0 Å². The van der Waals surface area contributed by atoms with Crippen molar-refractivity contribution in [2.45, 2.75) is 52.1 Å². The maximum Gasteiger partial charge on any atom is 0.0650 e. The van der Waals surface area contributed by atoms with Gasteiger partial charge in [-0.2, -0.15) is 0 Å². The first kappa shape index (κ1) is 12.0. The Hall–Kier alpha value is -0.0800. The van der Waals surface area contributed by atoms with Crippen molar-refractivity contribution in [2.24, 2.45) is 35.0 Å². The molecule has 3 fully saturated rings. The summed E-state index contributed by atoms with van der Waals surface area (Å²) >= 11 is 0. The van der Waals surface area contributed by atoms with Crippen molar-refractivity contribution < 1.29 is 10.2 Å². The van der Waals surface area contributed by atoms with Crippen molar-refractivity contribution in [3.8, 4) is 0 Å². The molecule has 0 amide bonds. The number of rotatable bonds is 1. The molecule has 3 aliphatic rings. The van der Waals surface area contributed by atoms with Gasteiger partial charge in [0.1, 0.15) is 0 Å². The summed E-state index contributed by atoms with van der Waals surface area (Å²) in [5.41, 5.74) is -0.294. The first-order valence-electron chi connectivity index (χ1n) is 7.25. The molecule has 17 heavy (non-hydrogen) atoms. The summed E-state index contributed by atoms with van der Waals surface area (Å²) in [6.07, 6.45) is 4.48. The van der Waals surface area contributed by atoms with E-state index in [2.05, 4.69) is 13.8 Å². The van der Waals surface area contributed by atoms with E-state index in [-0.39, 0.29) is 5.41 Å². The van der Waals surface area contributed by atoms with Gasteiger partial charge in [-0.3, -0.25) is 0 Å². The predicted octanol–water partition coefficient (Wildman–Crippen LogP) is 2.44. The van der Waals surface area contributed by atoms with Crippen LogP contribution in [0.4, 0.5) is 0 Å². The van der Waals surface area contributed by atoms with Crippen LogP contribution in [0.5, 0.6) is 0 Å². The molecular formula is C15H26O2. The molecule has 2 nitrogen and oxygen atoms in total. The topological polar surface area (TPSA) is 40.5 Å². The van der Waals surface area contributed by atoms with E-state index in [0.29, 0.717) is 30.3 Å². The molecule has 0 radical (unpaired) electrons. The molecular weight excluding hydrogens is 212 g/mol. The highest BCUT2D eigenvalue weighted by Crippen LogP contribution is 2.71. The van der Waals surface area contributed by atoms with Gasteiger partial charge in [0.2, 0.25) is 0 Å². The molecule has 98 valence electrons. The molecule has 0 heterocycles. The molecule has 0 aromatic heterocycles. The van der Waals surface area contributed by atoms with E-state index in [4.69, 9.17) is 0 Å². The molecule has 0 unspecified atom stereocenters. The molecule has 3 rings (SSSR count). The van der Waals surface area contributed by atoms with E-state index in [1.807, 2.05) is 6.92 Å². The van der Waals surface area contributed by atoms with Gasteiger partial charge in [-0.1, -0.05) is 20.3 Å². The second-order valence-corrected chi connectivity index (χ2v) is 7.43. The normalized spacial score (nSPS) is 61.6. The SMILES string of the molecule is C[C@@H]1CC[C@@H]2[C@@H]1[C@H]1[C@@H](CC[C@@]2(C)O)[C@]1(C)CO. The van der Waals surface area contributed by atoms with E-state index >= 15 is 0 Å². The Morgan fingerprint density at radius 3 is 2.47 bits per heavy atom. The molecule has 0 aliphatic heterocycles. The van der Waals surface area contributed by atoms with E-state index in [1.54, 1.807) is 0 Å². The fourth-order valence-corrected chi connectivity index (χ4v) is 5.33. The third-order valence-electron chi connectivity index (χ3n) is 6.50. The Bertz CT molecular complexity index is 325. The lowest BCUT2D eigenvalue weighted by Gasteiger charge is -2.35. The maximum atomic E-state index is 10.7. The number of hydrogen-bond acceptors (Lipinski definition) is 2. The first-order valence-corrected chi connectivity index (χ1v) is 7.25. The van der Waals surface area contributed by atoms with Crippen LogP contribution in [-0.4, -0.2) is 22.4 Å². The van der Waals surface area contributed by atoms with Crippen LogP contribution in [0.1, 0.15) is 46.5 Å². The van der Waals surface area contributed by atoms with Crippen molar-refractivity contribution in [2.75, 3.05) is 6.61 Å². The second-order valence-electron chi connectivity index (χ2n) is 7.43. The van der Waals surface area contributed by atoms with Gasteiger partial charge in [0.25, 0.3) is 0 Å². The summed E-state index contributed by atoms with van der Waals surface area (Å²) in [4.78, 5) is 0. The van der Waals surface area contributed by atoms with Crippen LogP contribution < -0.4 is 0 Å². The molecule has 7 atom stereocenters. The third-order valence-corrected chi connectivity index (χ3v) is 6.50. The summed E-state index contributed by atoms with van der Waals surface area (Å²) in [5, 5.41) is 20.3. The zero-order chi connectivity index (χ0) is 12.4. The maximum absolute atomic E-state index is 10.7. The highest BCUT2D eigenvalue weighted by atomic mass is 16.3. The van der Waals surface area contributed by atoms with Crippen molar-refractivity contribution in [1.29, 1.82) is 0 Å². The van der Waals surface area contributed by atoms with Crippen LogP contribution in [0.3, 0.4) is 0 Å². The molecule has 0 aromatic carbocycles. The smallest absolute Gasteiger partial charge is 0.0650 e. The minimum atomic E-state index is -0.459. The molecule has 0 spiro atoms. The van der Waals surface area contributed by atoms with Gasteiger partial charge in [0, 0.05) is 6.61 Å². The number of fused-ring (bicyclic) bond motifs is 3. The zero-order valence-electron chi connectivity index (χ0n) is 11.3. The van der Waals surface area contributed by atoms with Gasteiger partial charge < -0.3 is 10.2 Å². The van der Waals surface area contributed by atoms with Crippen molar-refractivity contribution in [1.82, 2.24) is 0 Å². The van der Waals surface area contributed by atoms with E-state index in [1.165, 1.54) is 12.8 Å². The van der Waals surface area contributed by atoms with Gasteiger partial charge in [-0.05, 0) is 61.2 Å². The fraction of sp³-hybridized carbons (Fsp3) is 1.00. The first-order chi connectivity index (χ1) is 7.92. The lowest BCUT2D eigenvalue weighted by atomic mass is 9.74. The monoisotopic (exact) mass is 238 g/mol. The van der Waals surface area contributed by atoms with Crippen LogP contribution in [-0.2, 0) is 0 Å². The highest BCUT2D eigenvalue weighted by molar-refractivity contribution is 5.16. The second kappa shape index (κ2) is 3.48. The summed E-state index contributed by atoms with van der Waals surface area (Å²) in [7, 11) is 0. The quantitative estimate of drug-likeness (QED) is 0.736. The van der Waals surface area contributed by atoms with Crippen LogP contribution in [0.2, 0.25) is 0 Å². The molecule has 0 bridgehead atoms.